The molecule has 0 saturated carbocycles. The molecule has 0 spiro atoms. The lowest BCUT2D eigenvalue weighted by molar-refractivity contribution is 0.470. The van der Waals surface area contributed by atoms with Crippen LogP contribution in [0.15, 0.2) is 42.5 Å². The van der Waals surface area contributed by atoms with Crippen LogP contribution in [0, 0.1) is 0 Å². The van der Waals surface area contributed by atoms with E-state index in [0.29, 0.717) is 18.0 Å². The van der Waals surface area contributed by atoms with Crippen LogP contribution in [0.2, 0.25) is 5.02 Å². The predicted octanol–water partition coefficient (Wildman–Crippen LogP) is 4.20. The third-order valence-electron chi connectivity index (χ3n) is 3.04. The van der Waals surface area contributed by atoms with E-state index in [1.165, 1.54) is 5.56 Å². The molecule has 3 heteroatoms. The predicted molar refractivity (Wildman–Crippen MR) is 80.1 cm³/mol. The van der Waals surface area contributed by atoms with Gasteiger partial charge in [0.05, 0.1) is 0 Å². The molecule has 0 amide bonds. The van der Waals surface area contributed by atoms with Gasteiger partial charge in [0, 0.05) is 10.6 Å². The normalized spacial score (nSPS) is 10.5. The van der Waals surface area contributed by atoms with Crippen molar-refractivity contribution < 1.29 is 4.74 Å². The van der Waals surface area contributed by atoms with Crippen molar-refractivity contribution in [1.29, 1.82) is 0 Å². The average molecular weight is 276 g/mol. The van der Waals surface area contributed by atoms with Crippen molar-refractivity contribution in [2.75, 3.05) is 6.54 Å². The van der Waals surface area contributed by atoms with E-state index in [4.69, 9.17) is 22.1 Å². The fourth-order valence-corrected chi connectivity index (χ4v) is 2.30. The van der Waals surface area contributed by atoms with Crippen LogP contribution >= 0.6 is 11.6 Å². The number of hydrogen-bond acceptors (Lipinski definition) is 2. The van der Waals surface area contributed by atoms with E-state index >= 15 is 0 Å². The highest BCUT2D eigenvalue weighted by Gasteiger charge is 2.10. The maximum atomic E-state index is 6.21. The molecule has 2 aromatic rings. The van der Waals surface area contributed by atoms with Gasteiger partial charge in [0.25, 0.3) is 0 Å². The first kappa shape index (κ1) is 13.9. The zero-order valence-corrected chi connectivity index (χ0v) is 11.8. The summed E-state index contributed by atoms with van der Waals surface area (Å²) in [7, 11) is 0. The number of ether oxygens (including phenoxy) is 1. The van der Waals surface area contributed by atoms with Gasteiger partial charge in [0.15, 0.2) is 0 Å². The summed E-state index contributed by atoms with van der Waals surface area (Å²) in [5, 5.41) is 0.705. The lowest BCUT2D eigenvalue weighted by atomic mass is 10.1. The molecule has 2 nitrogen and oxygen atoms in total. The van der Waals surface area contributed by atoms with E-state index in [9.17, 15) is 0 Å². The molecule has 0 unspecified atom stereocenters. The standard InChI is InChI=1S/C16H18ClNO/c1-2-12-6-3-4-8-15(12)19-16-9-5-7-14(17)13(16)10-11-18/h3-9H,2,10-11,18H2,1H3. The molecule has 100 valence electrons. The second kappa shape index (κ2) is 6.60. The van der Waals surface area contributed by atoms with Crippen molar-refractivity contribution in [3.8, 4) is 11.5 Å². The lowest BCUT2D eigenvalue weighted by Gasteiger charge is -2.14. The quantitative estimate of drug-likeness (QED) is 0.888. The van der Waals surface area contributed by atoms with Gasteiger partial charge in [-0.05, 0) is 43.1 Å². The number of halogens is 1. The van der Waals surface area contributed by atoms with E-state index in [1.54, 1.807) is 0 Å². The van der Waals surface area contributed by atoms with E-state index in [-0.39, 0.29) is 0 Å². The number of nitrogens with two attached hydrogens (primary N) is 1. The van der Waals surface area contributed by atoms with Crippen LogP contribution in [0.1, 0.15) is 18.1 Å². The van der Waals surface area contributed by atoms with Gasteiger partial charge in [-0.2, -0.15) is 0 Å². The summed E-state index contributed by atoms with van der Waals surface area (Å²) in [6.45, 7) is 2.66. The van der Waals surface area contributed by atoms with Crippen LogP contribution < -0.4 is 10.5 Å². The van der Waals surface area contributed by atoms with Gasteiger partial charge in [-0.25, -0.2) is 0 Å². The van der Waals surface area contributed by atoms with Crippen LogP contribution in [0.4, 0.5) is 0 Å². The third-order valence-corrected chi connectivity index (χ3v) is 3.40. The molecule has 0 radical (unpaired) electrons. The van der Waals surface area contributed by atoms with Crippen LogP contribution in [0.5, 0.6) is 11.5 Å². The number of aryl methyl sites for hydroxylation is 1. The molecule has 0 aliphatic carbocycles. The number of hydrogen-bond donors (Lipinski definition) is 1. The molecular formula is C16H18ClNO. The van der Waals surface area contributed by atoms with Gasteiger partial charge in [0.1, 0.15) is 11.5 Å². The van der Waals surface area contributed by atoms with Crippen LogP contribution in [0.3, 0.4) is 0 Å². The maximum Gasteiger partial charge on any atom is 0.132 e. The Morgan fingerprint density at radius 1 is 1.05 bits per heavy atom. The van der Waals surface area contributed by atoms with E-state index in [1.807, 2.05) is 36.4 Å². The maximum absolute atomic E-state index is 6.21. The molecule has 0 fully saturated rings. The second-order valence-electron chi connectivity index (χ2n) is 4.32. The van der Waals surface area contributed by atoms with Crippen LogP contribution in [-0.4, -0.2) is 6.54 Å². The largest absolute Gasteiger partial charge is 0.457 e. The Labute approximate surface area is 119 Å². The molecule has 0 saturated heterocycles. The van der Waals surface area contributed by atoms with Gasteiger partial charge < -0.3 is 10.5 Å². The molecule has 0 atom stereocenters. The first-order valence-electron chi connectivity index (χ1n) is 6.49. The minimum Gasteiger partial charge on any atom is -0.457 e. The summed E-state index contributed by atoms with van der Waals surface area (Å²) >= 11 is 6.21. The highest BCUT2D eigenvalue weighted by Crippen LogP contribution is 2.32. The van der Waals surface area contributed by atoms with Gasteiger partial charge in [-0.3, -0.25) is 0 Å². The summed E-state index contributed by atoms with van der Waals surface area (Å²) < 4.78 is 6.02. The summed E-state index contributed by atoms with van der Waals surface area (Å²) in [6.07, 6.45) is 1.65. The smallest absolute Gasteiger partial charge is 0.132 e. The molecule has 2 N–H and O–H groups in total. The van der Waals surface area contributed by atoms with Gasteiger partial charge >= 0.3 is 0 Å². The molecule has 0 bridgehead atoms. The summed E-state index contributed by atoms with van der Waals surface area (Å²) in [6, 6.07) is 13.7. The van der Waals surface area contributed by atoms with E-state index in [2.05, 4.69) is 13.0 Å². The molecule has 19 heavy (non-hydrogen) atoms. The summed E-state index contributed by atoms with van der Waals surface area (Å²) in [5.41, 5.74) is 7.79. The topological polar surface area (TPSA) is 35.2 Å². The molecule has 0 heterocycles. The van der Waals surface area contributed by atoms with Gasteiger partial charge in [-0.15, -0.1) is 0 Å². The molecule has 0 aliphatic heterocycles. The summed E-state index contributed by atoms with van der Waals surface area (Å²) in [4.78, 5) is 0. The molecule has 0 aliphatic rings. The Morgan fingerprint density at radius 2 is 1.79 bits per heavy atom. The highest BCUT2D eigenvalue weighted by atomic mass is 35.5. The van der Waals surface area contributed by atoms with E-state index in [0.717, 1.165) is 23.5 Å². The zero-order valence-electron chi connectivity index (χ0n) is 11.0. The molecule has 2 aromatic carbocycles. The Hall–Kier alpha value is -1.51. The Kier molecular flexibility index (Phi) is 4.83. The van der Waals surface area contributed by atoms with E-state index < -0.39 is 0 Å². The number of para-hydroxylation sites is 1. The van der Waals surface area contributed by atoms with Gasteiger partial charge in [-0.1, -0.05) is 42.8 Å². The van der Waals surface area contributed by atoms with Crippen molar-refractivity contribution in [2.45, 2.75) is 19.8 Å². The van der Waals surface area contributed by atoms with Crippen molar-refractivity contribution in [1.82, 2.24) is 0 Å². The van der Waals surface area contributed by atoms with Crippen LogP contribution in [-0.2, 0) is 12.8 Å². The lowest BCUT2D eigenvalue weighted by Crippen LogP contribution is -2.05. The minimum absolute atomic E-state index is 0.551. The monoisotopic (exact) mass is 275 g/mol. The molecule has 0 aromatic heterocycles. The highest BCUT2D eigenvalue weighted by molar-refractivity contribution is 6.31. The fraction of sp³-hybridized carbons (Fsp3) is 0.250. The Balaban J connectivity index is 2.35. The SMILES string of the molecule is CCc1ccccc1Oc1cccc(Cl)c1CCN. The molecular weight excluding hydrogens is 258 g/mol. The van der Waals surface area contributed by atoms with Crippen LogP contribution in [0.25, 0.3) is 0 Å². The minimum atomic E-state index is 0.551. The molecule has 2 rings (SSSR count). The Morgan fingerprint density at radius 3 is 2.53 bits per heavy atom. The Bertz CT molecular complexity index is 554. The van der Waals surface area contributed by atoms with Crippen molar-refractivity contribution >= 4 is 11.6 Å². The van der Waals surface area contributed by atoms with Crippen molar-refractivity contribution in [3.05, 3.63) is 58.6 Å². The third kappa shape index (κ3) is 3.28. The number of benzene rings is 2. The second-order valence-corrected chi connectivity index (χ2v) is 4.73. The first-order valence-corrected chi connectivity index (χ1v) is 6.87. The van der Waals surface area contributed by atoms with Crippen molar-refractivity contribution in [3.63, 3.8) is 0 Å². The first-order chi connectivity index (χ1) is 9.26. The van der Waals surface area contributed by atoms with Gasteiger partial charge in [0.2, 0.25) is 0 Å². The zero-order chi connectivity index (χ0) is 13.7. The number of rotatable bonds is 5. The fourth-order valence-electron chi connectivity index (χ4n) is 2.04. The average Bonchev–Trinajstić information content (AvgIpc) is 2.43. The van der Waals surface area contributed by atoms with Crippen molar-refractivity contribution in [2.24, 2.45) is 5.73 Å². The summed E-state index contributed by atoms with van der Waals surface area (Å²) in [5.74, 6) is 1.67.